The Morgan fingerprint density at radius 2 is 1.95 bits per heavy atom. The van der Waals surface area contributed by atoms with Gasteiger partial charge in [0.1, 0.15) is 0 Å². The second-order valence-electron chi connectivity index (χ2n) is 5.22. The number of carboxylic acid groups (broad SMARTS) is 1. The minimum absolute atomic E-state index is 0.0330. The highest BCUT2D eigenvalue weighted by Crippen LogP contribution is 2.26. The standard InChI is InChI=1S/C14H19NO4S/c16-14(17)12-6-7-13(10-12)15-20(18,19)9-8-11-4-2-1-3-5-11/h1-5,12-13,15H,6-10H2,(H,16,17). The van der Waals surface area contributed by atoms with Gasteiger partial charge in [0, 0.05) is 6.04 Å². The van der Waals surface area contributed by atoms with Crippen molar-refractivity contribution in [1.29, 1.82) is 0 Å². The fourth-order valence-electron chi connectivity index (χ4n) is 2.52. The first kappa shape index (κ1) is 15.0. The Morgan fingerprint density at radius 1 is 1.25 bits per heavy atom. The molecule has 1 aromatic carbocycles. The Hall–Kier alpha value is -1.40. The van der Waals surface area contributed by atoms with Crippen molar-refractivity contribution >= 4 is 16.0 Å². The predicted molar refractivity (Wildman–Crippen MR) is 75.8 cm³/mol. The molecule has 110 valence electrons. The lowest BCUT2D eigenvalue weighted by Gasteiger charge is -2.12. The summed E-state index contributed by atoms with van der Waals surface area (Å²) in [6.45, 7) is 0. The van der Waals surface area contributed by atoms with E-state index in [1.165, 1.54) is 0 Å². The molecule has 6 heteroatoms. The van der Waals surface area contributed by atoms with E-state index >= 15 is 0 Å². The van der Waals surface area contributed by atoms with E-state index in [-0.39, 0.29) is 11.8 Å². The fourth-order valence-corrected chi connectivity index (χ4v) is 3.87. The Labute approximate surface area is 119 Å². The lowest BCUT2D eigenvalue weighted by atomic mass is 10.1. The van der Waals surface area contributed by atoms with Crippen LogP contribution in [-0.2, 0) is 21.2 Å². The van der Waals surface area contributed by atoms with E-state index in [0.29, 0.717) is 25.7 Å². The van der Waals surface area contributed by atoms with Gasteiger partial charge in [-0.1, -0.05) is 30.3 Å². The van der Waals surface area contributed by atoms with Gasteiger partial charge in [-0.25, -0.2) is 13.1 Å². The smallest absolute Gasteiger partial charge is 0.306 e. The van der Waals surface area contributed by atoms with Gasteiger partial charge in [0.15, 0.2) is 0 Å². The summed E-state index contributed by atoms with van der Waals surface area (Å²) in [7, 11) is -3.36. The second-order valence-corrected chi connectivity index (χ2v) is 7.09. The molecule has 2 N–H and O–H groups in total. The van der Waals surface area contributed by atoms with Crippen molar-refractivity contribution in [2.75, 3.05) is 5.75 Å². The van der Waals surface area contributed by atoms with E-state index in [1.807, 2.05) is 30.3 Å². The summed E-state index contributed by atoms with van der Waals surface area (Å²) in [5, 5.41) is 8.90. The van der Waals surface area contributed by atoms with Gasteiger partial charge in [-0.3, -0.25) is 4.79 Å². The Morgan fingerprint density at radius 3 is 2.55 bits per heavy atom. The van der Waals surface area contributed by atoms with Gasteiger partial charge in [-0.2, -0.15) is 0 Å². The number of hydrogen-bond acceptors (Lipinski definition) is 3. The topological polar surface area (TPSA) is 83.5 Å². The number of hydrogen-bond donors (Lipinski definition) is 2. The lowest BCUT2D eigenvalue weighted by molar-refractivity contribution is -0.141. The molecule has 0 heterocycles. The van der Waals surface area contributed by atoms with E-state index in [4.69, 9.17) is 5.11 Å². The lowest BCUT2D eigenvalue weighted by Crippen LogP contribution is -2.35. The molecule has 0 saturated heterocycles. The third-order valence-corrected chi connectivity index (χ3v) is 5.06. The van der Waals surface area contributed by atoms with Crippen molar-refractivity contribution in [3.8, 4) is 0 Å². The summed E-state index contributed by atoms with van der Waals surface area (Å²) in [6.07, 6.45) is 1.99. The molecule has 0 radical (unpaired) electrons. The van der Waals surface area contributed by atoms with Gasteiger partial charge in [-0.05, 0) is 31.2 Å². The molecule has 2 rings (SSSR count). The van der Waals surface area contributed by atoms with Crippen LogP contribution >= 0.6 is 0 Å². The molecule has 0 aliphatic heterocycles. The number of aryl methyl sites for hydroxylation is 1. The first-order chi connectivity index (χ1) is 9.46. The van der Waals surface area contributed by atoms with Gasteiger partial charge >= 0.3 is 5.97 Å². The molecule has 2 unspecified atom stereocenters. The van der Waals surface area contributed by atoms with Gasteiger partial charge in [0.25, 0.3) is 0 Å². The summed E-state index contributed by atoms with van der Waals surface area (Å²) < 4.78 is 26.6. The van der Waals surface area contributed by atoms with E-state index in [2.05, 4.69) is 4.72 Å². The number of carboxylic acids is 1. The summed E-state index contributed by atoms with van der Waals surface area (Å²) in [6, 6.07) is 9.20. The van der Waals surface area contributed by atoms with E-state index in [9.17, 15) is 13.2 Å². The highest BCUT2D eigenvalue weighted by atomic mass is 32.2. The normalized spacial score (nSPS) is 22.8. The Kier molecular flexibility index (Phi) is 4.77. The van der Waals surface area contributed by atoms with Crippen LogP contribution in [0.15, 0.2) is 30.3 Å². The monoisotopic (exact) mass is 297 g/mol. The van der Waals surface area contributed by atoms with Crippen LogP contribution in [0, 0.1) is 5.92 Å². The zero-order valence-electron chi connectivity index (χ0n) is 11.2. The SMILES string of the molecule is O=C(O)C1CCC(NS(=O)(=O)CCc2ccccc2)C1. The number of rotatable bonds is 6. The summed E-state index contributed by atoms with van der Waals surface area (Å²) in [5.41, 5.74) is 0.979. The number of benzene rings is 1. The number of sulfonamides is 1. The van der Waals surface area contributed by atoms with Crippen molar-refractivity contribution in [1.82, 2.24) is 4.72 Å². The highest BCUT2D eigenvalue weighted by molar-refractivity contribution is 7.89. The van der Waals surface area contributed by atoms with Crippen LogP contribution in [0.1, 0.15) is 24.8 Å². The van der Waals surface area contributed by atoms with E-state index in [0.717, 1.165) is 5.56 Å². The maximum absolute atomic E-state index is 12.0. The van der Waals surface area contributed by atoms with Crippen molar-refractivity contribution in [3.05, 3.63) is 35.9 Å². The van der Waals surface area contributed by atoms with Crippen molar-refractivity contribution in [3.63, 3.8) is 0 Å². The van der Waals surface area contributed by atoms with Gasteiger partial charge in [-0.15, -0.1) is 0 Å². The molecule has 1 aromatic rings. The molecule has 20 heavy (non-hydrogen) atoms. The molecular formula is C14H19NO4S. The average Bonchev–Trinajstić information content (AvgIpc) is 2.86. The molecule has 5 nitrogen and oxygen atoms in total. The van der Waals surface area contributed by atoms with Crippen LogP contribution < -0.4 is 4.72 Å². The molecule has 1 saturated carbocycles. The zero-order valence-corrected chi connectivity index (χ0v) is 12.0. The summed E-state index contributed by atoms with van der Waals surface area (Å²) in [5.74, 6) is -1.22. The molecule has 0 aromatic heterocycles. The zero-order chi connectivity index (χ0) is 14.6. The maximum Gasteiger partial charge on any atom is 0.306 e. The minimum Gasteiger partial charge on any atom is -0.481 e. The predicted octanol–water partition coefficient (Wildman–Crippen LogP) is 1.40. The molecule has 1 aliphatic rings. The van der Waals surface area contributed by atoms with E-state index < -0.39 is 21.9 Å². The summed E-state index contributed by atoms with van der Waals surface area (Å²) in [4.78, 5) is 10.8. The van der Waals surface area contributed by atoms with Crippen LogP contribution in [0.4, 0.5) is 0 Å². The Balaban J connectivity index is 1.84. The van der Waals surface area contributed by atoms with Gasteiger partial charge in [0.05, 0.1) is 11.7 Å². The summed E-state index contributed by atoms with van der Waals surface area (Å²) >= 11 is 0. The van der Waals surface area contributed by atoms with Gasteiger partial charge in [0.2, 0.25) is 10.0 Å². The number of nitrogens with one attached hydrogen (secondary N) is 1. The highest BCUT2D eigenvalue weighted by Gasteiger charge is 2.31. The first-order valence-corrected chi connectivity index (χ1v) is 8.38. The third-order valence-electron chi connectivity index (χ3n) is 3.63. The van der Waals surface area contributed by atoms with Crippen molar-refractivity contribution in [2.45, 2.75) is 31.7 Å². The molecule has 1 aliphatic carbocycles. The number of carbonyl (C=O) groups is 1. The van der Waals surface area contributed by atoms with Crippen molar-refractivity contribution < 1.29 is 18.3 Å². The van der Waals surface area contributed by atoms with Crippen LogP contribution in [0.5, 0.6) is 0 Å². The third kappa shape index (κ3) is 4.31. The largest absolute Gasteiger partial charge is 0.481 e. The van der Waals surface area contributed by atoms with Crippen LogP contribution in [0.3, 0.4) is 0 Å². The minimum atomic E-state index is -3.36. The molecular weight excluding hydrogens is 278 g/mol. The first-order valence-electron chi connectivity index (χ1n) is 6.73. The van der Waals surface area contributed by atoms with Crippen molar-refractivity contribution in [2.24, 2.45) is 5.92 Å². The molecule has 1 fully saturated rings. The Bertz CT molecular complexity index is 556. The molecule has 0 amide bonds. The molecule has 0 spiro atoms. The molecule has 0 bridgehead atoms. The maximum atomic E-state index is 12.0. The fraction of sp³-hybridized carbons (Fsp3) is 0.500. The van der Waals surface area contributed by atoms with Crippen LogP contribution in [0.25, 0.3) is 0 Å². The second kappa shape index (κ2) is 6.37. The number of aliphatic carboxylic acids is 1. The van der Waals surface area contributed by atoms with E-state index in [1.54, 1.807) is 0 Å². The van der Waals surface area contributed by atoms with Crippen LogP contribution in [-0.4, -0.2) is 31.3 Å². The van der Waals surface area contributed by atoms with Crippen LogP contribution in [0.2, 0.25) is 0 Å². The quantitative estimate of drug-likeness (QED) is 0.831. The average molecular weight is 297 g/mol. The molecule has 2 atom stereocenters. The van der Waals surface area contributed by atoms with Gasteiger partial charge < -0.3 is 5.11 Å².